The molecule has 1 aromatic rings. The smallest absolute Gasteiger partial charge is 0.122 e. The number of rotatable bonds is 6. The van der Waals surface area contributed by atoms with E-state index >= 15 is 0 Å². The molecule has 0 aliphatic rings. The Morgan fingerprint density at radius 1 is 1.44 bits per heavy atom. The quantitative estimate of drug-likeness (QED) is 0.795. The minimum absolute atomic E-state index is 0.0466. The Bertz CT molecular complexity index is 357. The summed E-state index contributed by atoms with van der Waals surface area (Å²) >= 11 is 0. The highest BCUT2D eigenvalue weighted by molar-refractivity contribution is 5.33. The lowest BCUT2D eigenvalue weighted by Gasteiger charge is -2.11. The highest BCUT2D eigenvalue weighted by Gasteiger charge is 2.04. The van der Waals surface area contributed by atoms with Gasteiger partial charge in [0.1, 0.15) is 5.75 Å². The Labute approximate surface area is 97.0 Å². The number of hydrogen-bond acceptors (Lipinski definition) is 3. The first-order valence-corrected chi connectivity index (χ1v) is 5.56. The number of methoxy groups -OCH3 is 1. The molecule has 0 aliphatic heterocycles. The van der Waals surface area contributed by atoms with E-state index in [1.54, 1.807) is 7.11 Å². The van der Waals surface area contributed by atoms with Crippen LogP contribution in [-0.4, -0.2) is 19.7 Å². The lowest BCUT2D eigenvalue weighted by molar-refractivity contribution is 0.408. The van der Waals surface area contributed by atoms with Gasteiger partial charge >= 0.3 is 0 Å². The molecule has 1 rings (SSSR count). The van der Waals surface area contributed by atoms with Crippen molar-refractivity contribution < 1.29 is 4.74 Å². The van der Waals surface area contributed by atoms with Gasteiger partial charge in [-0.15, -0.1) is 0 Å². The topological polar surface area (TPSA) is 45.0 Å². The van der Waals surface area contributed by atoms with Crippen molar-refractivity contribution >= 4 is 0 Å². The van der Waals surface area contributed by atoms with Gasteiger partial charge in [-0.2, -0.15) is 5.26 Å². The van der Waals surface area contributed by atoms with E-state index in [0.717, 1.165) is 25.1 Å². The van der Waals surface area contributed by atoms with Gasteiger partial charge in [0.25, 0.3) is 0 Å². The van der Waals surface area contributed by atoms with Crippen LogP contribution in [0.1, 0.15) is 18.9 Å². The summed E-state index contributed by atoms with van der Waals surface area (Å²) in [6.45, 7) is 2.80. The van der Waals surface area contributed by atoms with Crippen LogP contribution in [0.25, 0.3) is 0 Å². The SMILES string of the molecule is CCC(C#N)NCCc1ccccc1OC. The van der Waals surface area contributed by atoms with Crippen molar-refractivity contribution in [1.29, 1.82) is 5.26 Å². The number of hydrogen-bond donors (Lipinski definition) is 1. The van der Waals surface area contributed by atoms with Gasteiger partial charge in [-0.25, -0.2) is 0 Å². The average molecular weight is 218 g/mol. The van der Waals surface area contributed by atoms with Gasteiger partial charge < -0.3 is 10.1 Å². The van der Waals surface area contributed by atoms with Crippen LogP contribution in [0.15, 0.2) is 24.3 Å². The lowest BCUT2D eigenvalue weighted by atomic mass is 10.1. The van der Waals surface area contributed by atoms with Gasteiger partial charge in [-0.1, -0.05) is 25.1 Å². The zero-order chi connectivity index (χ0) is 11.8. The summed E-state index contributed by atoms with van der Waals surface area (Å²) in [5, 5.41) is 12.0. The van der Waals surface area contributed by atoms with Crippen LogP contribution >= 0.6 is 0 Å². The van der Waals surface area contributed by atoms with Crippen molar-refractivity contribution in [3.8, 4) is 11.8 Å². The van der Waals surface area contributed by atoms with E-state index in [1.165, 1.54) is 5.56 Å². The molecule has 1 aromatic carbocycles. The standard InChI is InChI=1S/C13H18N2O/c1-3-12(10-14)15-9-8-11-6-4-5-7-13(11)16-2/h4-7,12,15H,3,8-9H2,1-2H3. The van der Waals surface area contributed by atoms with Gasteiger partial charge in [-0.05, 0) is 24.5 Å². The molecule has 0 aliphatic carbocycles. The maximum Gasteiger partial charge on any atom is 0.122 e. The van der Waals surface area contributed by atoms with Crippen LogP contribution in [-0.2, 0) is 6.42 Å². The largest absolute Gasteiger partial charge is 0.496 e. The molecular formula is C13H18N2O. The Morgan fingerprint density at radius 2 is 2.19 bits per heavy atom. The molecule has 16 heavy (non-hydrogen) atoms. The van der Waals surface area contributed by atoms with Crippen LogP contribution in [0.3, 0.4) is 0 Å². The van der Waals surface area contributed by atoms with E-state index in [2.05, 4.69) is 11.4 Å². The van der Waals surface area contributed by atoms with E-state index < -0.39 is 0 Å². The first-order chi connectivity index (χ1) is 7.81. The molecule has 86 valence electrons. The average Bonchev–Trinajstić information content (AvgIpc) is 2.35. The maximum atomic E-state index is 8.79. The van der Waals surface area contributed by atoms with Crippen LogP contribution in [0.2, 0.25) is 0 Å². The minimum Gasteiger partial charge on any atom is -0.496 e. The summed E-state index contributed by atoms with van der Waals surface area (Å²) in [7, 11) is 1.68. The molecule has 1 N–H and O–H groups in total. The van der Waals surface area contributed by atoms with Crippen molar-refractivity contribution in [3.63, 3.8) is 0 Å². The highest BCUT2D eigenvalue weighted by atomic mass is 16.5. The van der Waals surface area contributed by atoms with E-state index in [4.69, 9.17) is 10.00 Å². The number of nitrogens with zero attached hydrogens (tertiary/aromatic N) is 1. The van der Waals surface area contributed by atoms with E-state index in [-0.39, 0.29) is 6.04 Å². The van der Waals surface area contributed by atoms with E-state index in [0.29, 0.717) is 0 Å². The van der Waals surface area contributed by atoms with Crippen LogP contribution in [0.4, 0.5) is 0 Å². The van der Waals surface area contributed by atoms with Gasteiger partial charge in [0.05, 0.1) is 19.2 Å². The molecule has 1 atom stereocenters. The molecular weight excluding hydrogens is 200 g/mol. The predicted molar refractivity (Wildman–Crippen MR) is 64.4 cm³/mol. The molecule has 0 amide bonds. The fourth-order valence-corrected chi connectivity index (χ4v) is 1.57. The summed E-state index contributed by atoms with van der Waals surface area (Å²) in [6.07, 6.45) is 1.71. The molecule has 3 heteroatoms. The lowest BCUT2D eigenvalue weighted by Crippen LogP contribution is -2.28. The number of nitrogens with one attached hydrogen (secondary N) is 1. The Kier molecular flexibility index (Phi) is 5.38. The van der Waals surface area contributed by atoms with Crippen molar-refractivity contribution in [3.05, 3.63) is 29.8 Å². The molecule has 0 radical (unpaired) electrons. The van der Waals surface area contributed by atoms with Crippen molar-refractivity contribution in [2.45, 2.75) is 25.8 Å². The third kappa shape index (κ3) is 3.56. The third-order valence-corrected chi connectivity index (χ3v) is 2.54. The molecule has 3 nitrogen and oxygen atoms in total. The Morgan fingerprint density at radius 3 is 2.81 bits per heavy atom. The zero-order valence-corrected chi connectivity index (χ0v) is 9.86. The summed E-state index contributed by atoms with van der Waals surface area (Å²) in [6, 6.07) is 10.1. The summed E-state index contributed by atoms with van der Waals surface area (Å²) in [4.78, 5) is 0. The van der Waals surface area contributed by atoms with Crippen molar-refractivity contribution in [2.75, 3.05) is 13.7 Å². The van der Waals surface area contributed by atoms with Crippen molar-refractivity contribution in [1.82, 2.24) is 5.32 Å². The minimum atomic E-state index is -0.0466. The Hall–Kier alpha value is -1.53. The van der Waals surface area contributed by atoms with E-state index in [1.807, 2.05) is 31.2 Å². The monoisotopic (exact) mass is 218 g/mol. The zero-order valence-electron chi connectivity index (χ0n) is 9.86. The Balaban J connectivity index is 2.46. The van der Waals surface area contributed by atoms with Crippen LogP contribution < -0.4 is 10.1 Å². The molecule has 0 spiro atoms. The maximum absolute atomic E-state index is 8.79. The number of nitriles is 1. The first kappa shape index (κ1) is 12.5. The molecule has 1 unspecified atom stereocenters. The molecule has 0 aromatic heterocycles. The fraction of sp³-hybridized carbons (Fsp3) is 0.462. The van der Waals surface area contributed by atoms with E-state index in [9.17, 15) is 0 Å². The van der Waals surface area contributed by atoms with Gasteiger partial charge in [0.15, 0.2) is 0 Å². The molecule has 0 saturated heterocycles. The second kappa shape index (κ2) is 6.86. The summed E-state index contributed by atoms with van der Waals surface area (Å²) in [5.41, 5.74) is 1.17. The second-order valence-electron chi connectivity index (χ2n) is 3.61. The van der Waals surface area contributed by atoms with Gasteiger partial charge in [-0.3, -0.25) is 0 Å². The summed E-state index contributed by atoms with van der Waals surface area (Å²) < 4.78 is 5.26. The predicted octanol–water partition coefficient (Wildman–Crippen LogP) is 2.13. The normalized spacial score (nSPS) is 11.8. The van der Waals surface area contributed by atoms with Crippen LogP contribution in [0.5, 0.6) is 5.75 Å². The summed E-state index contributed by atoms with van der Waals surface area (Å²) in [5.74, 6) is 0.911. The van der Waals surface area contributed by atoms with Gasteiger partial charge in [0, 0.05) is 6.54 Å². The van der Waals surface area contributed by atoms with Crippen molar-refractivity contribution in [2.24, 2.45) is 0 Å². The third-order valence-electron chi connectivity index (χ3n) is 2.54. The van der Waals surface area contributed by atoms with Crippen LogP contribution in [0, 0.1) is 11.3 Å². The molecule has 0 bridgehead atoms. The van der Waals surface area contributed by atoms with Gasteiger partial charge in [0.2, 0.25) is 0 Å². The second-order valence-corrected chi connectivity index (χ2v) is 3.61. The first-order valence-electron chi connectivity index (χ1n) is 5.56. The number of benzene rings is 1. The molecule has 0 heterocycles. The molecule has 0 fully saturated rings. The fourth-order valence-electron chi connectivity index (χ4n) is 1.57. The number of ether oxygens (including phenoxy) is 1. The number of para-hydroxylation sites is 1. The molecule has 0 saturated carbocycles. The highest BCUT2D eigenvalue weighted by Crippen LogP contribution is 2.17.